The molecule has 148 valence electrons. The zero-order chi connectivity index (χ0) is 20.0. The molecule has 27 heavy (non-hydrogen) atoms. The van der Waals surface area contributed by atoms with Gasteiger partial charge in [0.1, 0.15) is 5.78 Å². The first-order chi connectivity index (χ1) is 12.7. The maximum absolute atomic E-state index is 12.6. The van der Waals surface area contributed by atoms with E-state index in [1.165, 1.54) is 36.0 Å². The summed E-state index contributed by atoms with van der Waals surface area (Å²) in [6.07, 6.45) is 1.31. The molecule has 10 heteroatoms. The number of rotatable bonds is 10. The number of aromatic nitrogens is 3. The summed E-state index contributed by atoms with van der Waals surface area (Å²) in [5, 5.41) is 9.54. The molecule has 7 nitrogen and oxygen atoms in total. The van der Waals surface area contributed by atoms with E-state index in [1.54, 1.807) is 13.8 Å². The summed E-state index contributed by atoms with van der Waals surface area (Å²) in [7, 11) is -3.70. The van der Waals surface area contributed by atoms with Gasteiger partial charge in [0.05, 0.1) is 10.9 Å². The molecule has 1 atom stereocenters. The zero-order valence-electron chi connectivity index (χ0n) is 15.5. The lowest BCUT2D eigenvalue weighted by Gasteiger charge is -2.15. The summed E-state index contributed by atoms with van der Waals surface area (Å²) < 4.78 is 29.6. The fraction of sp³-hybridized carbons (Fsp3) is 0.471. The van der Waals surface area contributed by atoms with E-state index in [0.29, 0.717) is 29.0 Å². The Balaban J connectivity index is 2.10. The molecule has 1 aromatic heterocycles. The Kier molecular flexibility index (Phi) is 7.84. The minimum Gasteiger partial charge on any atom is -0.305 e. The van der Waals surface area contributed by atoms with Gasteiger partial charge in [0.25, 0.3) is 0 Å². The molecule has 0 unspecified atom stereocenters. The molecular formula is C17H23ClN4O3S2. The molecule has 2 aromatic rings. The van der Waals surface area contributed by atoms with Crippen LogP contribution >= 0.6 is 23.4 Å². The van der Waals surface area contributed by atoms with Crippen molar-refractivity contribution in [1.29, 1.82) is 0 Å². The fourth-order valence-electron chi connectivity index (χ4n) is 2.48. The van der Waals surface area contributed by atoms with Crippen molar-refractivity contribution in [1.82, 2.24) is 19.5 Å². The van der Waals surface area contributed by atoms with Gasteiger partial charge in [-0.25, -0.2) is 13.1 Å². The first kappa shape index (κ1) is 21.9. The number of carbonyl (C=O) groups excluding carboxylic acids is 1. The van der Waals surface area contributed by atoms with Crippen molar-refractivity contribution in [2.24, 2.45) is 0 Å². The summed E-state index contributed by atoms with van der Waals surface area (Å²) in [6.45, 7) is 5.87. The minimum absolute atomic E-state index is 0.139. The second-order valence-corrected chi connectivity index (χ2v) is 9.25. The van der Waals surface area contributed by atoms with Gasteiger partial charge >= 0.3 is 0 Å². The van der Waals surface area contributed by atoms with Gasteiger partial charge in [-0.1, -0.05) is 23.4 Å². The summed E-state index contributed by atoms with van der Waals surface area (Å²) in [6, 6.07) is 5.43. The Morgan fingerprint density at radius 3 is 2.56 bits per heavy atom. The Morgan fingerprint density at radius 2 is 1.96 bits per heavy atom. The number of hydrogen-bond donors (Lipinski definition) is 1. The van der Waals surface area contributed by atoms with Crippen LogP contribution in [0.5, 0.6) is 0 Å². The quantitative estimate of drug-likeness (QED) is 0.458. The third-order valence-electron chi connectivity index (χ3n) is 3.81. The first-order valence-corrected chi connectivity index (χ1v) is 11.4. The average Bonchev–Trinajstić information content (AvgIpc) is 3.01. The van der Waals surface area contributed by atoms with Crippen LogP contribution in [0.1, 0.15) is 45.5 Å². The summed E-state index contributed by atoms with van der Waals surface area (Å²) >= 11 is 7.33. The van der Waals surface area contributed by atoms with Gasteiger partial charge in [-0.15, -0.1) is 10.2 Å². The van der Waals surface area contributed by atoms with Gasteiger partial charge in [0.15, 0.2) is 11.0 Å². The Hall–Kier alpha value is -1.42. The fourth-order valence-corrected chi connectivity index (χ4v) is 4.75. The summed E-state index contributed by atoms with van der Waals surface area (Å²) in [5.41, 5.74) is 0. The second kappa shape index (κ2) is 9.68. The number of hydrogen-bond acceptors (Lipinski definition) is 6. The molecule has 0 radical (unpaired) electrons. The van der Waals surface area contributed by atoms with E-state index in [2.05, 4.69) is 14.9 Å². The third-order valence-corrected chi connectivity index (χ3v) is 6.67. The van der Waals surface area contributed by atoms with Crippen molar-refractivity contribution in [3.8, 4) is 0 Å². The van der Waals surface area contributed by atoms with Gasteiger partial charge in [-0.2, -0.15) is 0 Å². The molecule has 0 fully saturated rings. The lowest BCUT2D eigenvalue weighted by atomic mass is 10.3. The summed E-state index contributed by atoms with van der Waals surface area (Å²) in [5.74, 6) is 1.46. The second-order valence-electron chi connectivity index (χ2n) is 6.04. The zero-order valence-corrected chi connectivity index (χ0v) is 17.9. The molecule has 2 rings (SSSR count). The standard InChI is InChI=1S/C17H23ClN4O3S2/c1-4-22-16(19-20-17(22)26-11-5-6-12(2)23)13(3)21-27(24,25)15-9-7-14(18)8-10-15/h7-10,13,21H,4-6,11H2,1-3H3/t13-/m1/s1. The van der Waals surface area contributed by atoms with Crippen molar-refractivity contribution in [3.63, 3.8) is 0 Å². The van der Waals surface area contributed by atoms with Gasteiger partial charge in [-0.05, 0) is 51.5 Å². The predicted molar refractivity (Wildman–Crippen MR) is 107 cm³/mol. The molecule has 0 saturated heterocycles. The van der Waals surface area contributed by atoms with Gasteiger partial charge in [-0.3, -0.25) is 0 Å². The molecule has 0 saturated carbocycles. The number of carbonyl (C=O) groups is 1. The number of thioether (sulfide) groups is 1. The van der Waals surface area contributed by atoms with Crippen LogP contribution in [0.15, 0.2) is 34.3 Å². The largest absolute Gasteiger partial charge is 0.305 e. The lowest BCUT2D eigenvalue weighted by molar-refractivity contribution is -0.117. The number of nitrogens with one attached hydrogen (secondary N) is 1. The van der Waals surface area contributed by atoms with Crippen LogP contribution in [0.25, 0.3) is 0 Å². The lowest BCUT2D eigenvalue weighted by Crippen LogP contribution is -2.29. The smallest absolute Gasteiger partial charge is 0.241 e. The number of ketones is 1. The van der Waals surface area contributed by atoms with E-state index in [-0.39, 0.29) is 10.7 Å². The molecule has 0 aliphatic rings. The highest BCUT2D eigenvalue weighted by molar-refractivity contribution is 7.99. The van der Waals surface area contributed by atoms with Crippen LogP contribution in [0.3, 0.4) is 0 Å². The van der Waals surface area contributed by atoms with Crippen LogP contribution in [-0.4, -0.2) is 34.7 Å². The van der Waals surface area contributed by atoms with E-state index in [4.69, 9.17) is 11.6 Å². The predicted octanol–water partition coefficient (Wildman–Crippen LogP) is 3.45. The Labute approximate surface area is 168 Å². The van der Waals surface area contributed by atoms with Gasteiger partial charge < -0.3 is 9.36 Å². The molecule has 0 amide bonds. The Bertz CT molecular complexity index is 882. The average molecular weight is 431 g/mol. The van der Waals surface area contributed by atoms with Crippen molar-refractivity contribution in [2.45, 2.75) is 56.3 Å². The minimum atomic E-state index is -3.70. The number of benzene rings is 1. The molecule has 1 heterocycles. The number of sulfonamides is 1. The van der Waals surface area contributed by atoms with Crippen molar-refractivity contribution < 1.29 is 13.2 Å². The number of Topliss-reactive ketones (excluding diaryl/α,β-unsaturated/α-hetero) is 1. The maximum atomic E-state index is 12.6. The molecule has 0 aliphatic carbocycles. The molecule has 0 spiro atoms. The van der Waals surface area contributed by atoms with Crippen LogP contribution in [0.4, 0.5) is 0 Å². The SMILES string of the molecule is CCn1c(SCCCC(C)=O)nnc1[C@@H](C)NS(=O)(=O)c1ccc(Cl)cc1. The van der Waals surface area contributed by atoms with Gasteiger partial charge in [0.2, 0.25) is 10.0 Å². The van der Waals surface area contributed by atoms with Crippen molar-refractivity contribution in [3.05, 3.63) is 35.1 Å². The van der Waals surface area contributed by atoms with Gasteiger partial charge in [0, 0.05) is 23.7 Å². The van der Waals surface area contributed by atoms with Crippen LogP contribution < -0.4 is 4.72 Å². The van der Waals surface area contributed by atoms with Crippen molar-refractivity contribution >= 4 is 39.2 Å². The Morgan fingerprint density at radius 1 is 1.30 bits per heavy atom. The molecule has 0 aliphatic heterocycles. The summed E-state index contributed by atoms with van der Waals surface area (Å²) in [4.78, 5) is 11.2. The highest BCUT2D eigenvalue weighted by Crippen LogP contribution is 2.23. The normalized spacial score (nSPS) is 12.9. The highest BCUT2D eigenvalue weighted by Gasteiger charge is 2.23. The highest BCUT2D eigenvalue weighted by atomic mass is 35.5. The topological polar surface area (TPSA) is 93.9 Å². The van der Waals surface area contributed by atoms with E-state index in [9.17, 15) is 13.2 Å². The monoisotopic (exact) mass is 430 g/mol. The maximum Gasteiger partial charge on any atom is 0.241 e. The number of halogens is 1. The molecular weight excluding hydrogens is 408 g/mol. The van der Waals surface area contributed by atoms with Crippen LogP contribution in [-0.2, 0) is 21.4 Å². The third kappa shape index (κ3) is 6.03. The van der Waals surface area contributed by atoms with E-state index in [1.807, 2.05) is 11.5 Å². The molecule has 1 aromatic carbocycles. The van der Waals surface area contributed by atoms with Crippen molar-refractivity contribution in [2.75, 3.05) is 5.75 Å². The number of nitrogens with zero attached hydrogens (tertiary/aromatic N) is 3. The molecule has 0 bridgehead atoms. The van der Waals surface area contributed by atoms with Crippen LogP contribution in [0.2, 0.25) is 5.02 Å². The van der Waals surface area contributed by atoms with Crippen LogP contribution in [0, 0.1) is 0 Å². The molecule has 1 N–H and O–H groups in total. The van der Waals surface area contributed by atoms with E-state index >= 15 is 0 Å². The van der Waals surface area contributed by atoms with E-state index < -0.39 is 16.1 Å². The van der Waals surface area contributed by atoms with E-state index in [0.717, 1.165) is 12.2 Å². The first-order valence-electron chi connectivity index (χ1n) is 8.57.